The molecule has 0 fully saturated rings. The van der Waals surface area contributed by atoms with Crippen LogP contribution in [0.25, 0.3) is 0 Å². The number of aromatic hydroxyl groups is 1. The zero-order chi connectivity index (χ0) is 24.5. The standard InChI is InChI=1S/C27H28N2O6/c1-5-34-23-12-9-16(13-25(23)33-4)27-29-21(18-7-6-8-24(32-3)26(18)35-27)15-20(28-29)19-14-17(31-2)10-11-22(19)30/h6-14,21,27,30H,5,15H2,1-4H3/t21-,27-/m1/s1. The fourth-order valence-electron chi connectivity index (χ4n) is 4.61. The van der Waals surface area contributed by atoms with Gasteiger partial charge in [0.1, 0.15) is 11.5 Å². The second-order valence-corrected chi connectivity index (χ2v) is 8.22. The lowest BCUT2D eigenvalue weighted by Crippen LogP contribution is -2.33. The first kappa shape index (κ1) is 22.7. The quantitative estimate of drug-likeness (QED) is 0.510. The lowest BCUT2D eigenvalue weighted by Gasteiger charge is -2.38. The Morgan fingerprint density at radius 3 is 2.54 bits per heavy atom. The Balaban J connectivity index is 1.62. The van der Waals surface area contributed by atoms with Crippen molar-refractivity contribution in [3.63, 3.8) is 0 Å². The van der Waals surface area contributed by atoms with Crippen LogP contribution in [-0.4, -0.2) is 43.8 Å². The Hall–Kier alpha value is -4.07. The van der Waals surface area contributed by atoms with Crippen molar-refractivity contribution >= 4 is 5.71 Å². The van der Waals surface area contributed by atoms with E-state index in [1.165, 1.54) is 0 Å². The molecule has 3 aromatic rings. The van der Waals surface area contributed by atoms with Gasteiger partial charge in [-0.25, -0.2) is 5.01 Å². The van der Waals surface area contributed by atoms with Crippen molar-refractivity contribution < 1.29 is 28.8 Å². The molecule has 0 amide bonds. The van der Waals surface area contributed by atoms with Gasteiger partial charge >= 0.3 is 0 Å². The van der Waals surface area contributed by atoms with Crippen molar-refractivity contribution in [2.45, 2.75) is 25.6 Å². The van der Waals surface area contributed by atoms with Gasteiger partial charge in [-0.15, -0.1) is 0 Å². The van der Waals surface area contributed by atoms with E-state index in [1.54, 1.807) is 39.5 Å². The Bertz CT molecular complexity index is 1270. The molecule has 2 heterocycles. The number of phenols is 1. The van der Waals surface area contributed by atoms with E-state index in [9.17, 15) is 5.11 Å². The molecule has 0 aliphatic carbocycles. The molecule has 35 heavy (non-hydrogen) atoms. The van der Waals surface area contributed by atoms with Crippen LogP contribution in [0.1, 0.15) is 42.3 Å². The van der Waals surface area contributed by atoms with Gasteiger partial charge in [-0.2, -0.15) is 5.10 Å². The highest BCUT2D eigenvalue weighted by Crippen LogP contribution is 2.51. The molecule has 0 aromatic heterocycles. The number of fused-ring (bicyclic) bond motifs is 3. The van der Waals surface area contributed by atoms with Crippen LogP contribution >= 0.6 is 0 Å². The average Bonchev–Trinajstić information content (AvgIpc) is 3.34. The van der Waals surface area contributed by atoms with Gasteiger partial charge in [0.25, 0.3) is 0 Å². The SMILES string of the molecule is CCOc1ccc([C@H]2Oc3c(OC)cccc3[C@H]3CC(c4cc(OC)ccc4O)=NN32)cc1OC. The van der Waals surface area contributed by atoms with E-state index in [1.807, 2.05) is 48.3 Å². The van der Waals surface area contributed by atoms with Crippen LogP contribution in [0, 0.1) is 0 Å². The number of rotatable bonds is 7. The van der Waals surface area contributed by atoms with Crippen LogP contribution in [0.5, 0.6) is 34.5 Å². The number of para-hydroxylation sites is 1. The third-order valence-electron chi connectivity index (χ3n) is 6.29. The van der Waals surface area contributed by atoms with E-state index in [2.05, 4.69) is 0 Å². The highest BCUT2D eigenvalue weighted by Gasteiger charge is 2.42. The van der Waals surface area contributed by atoms with Crippen molar-refractivity contribution in [1.29, 1.82) is 0 Å². The van der Waals surface area contributed by atoms with Crippen molar-refractivity contribution in [3.05, 3.63) is 71.3 Å². The topological polar surface area (TPSA) is 82.0 Å². The second kappa shape index (κ2) is 9.29. The summed E-state index contributed by atoms with van der Waals surface area (Å²) in [6.07, 6.45) is 0.0354. The van der Waals surface area contributed by atoms with E-state index >= 15 is 0 Å². The van der Waals surface area contributed by atoms with Gasteiger partial charge in [-0.05, 0) is 49.4 Å². The Morgan fingerprint density at radius 2 is 1.80 bits per heavy atom. The van der Waals surface area contributed by atoms with Crippen LogP contribution in [0.15, 0.2) is 59.7 Å². The molecule has 2 atom stereocenters. The highest BCUT2D eigenvalue weighted by atomic mass is 16.5. The van der Waals surface area contributed by atoms with Crippen LogP contribution in [0.3, 0.4) is 0 Å². The van der Waals surface area contributed by atoms with Gasteiger partial charge < -0.3 is 28.8 Å². The molecule has 0 saturated carbocycles. The molecule has 0 unspecified atom stereocenters. The molecule has 2 aliphatic heterocycles. The maximum Gasteiger partial charge on any atom is 0.214 e. The summed E-state index contributed by atoms with van der Waals surface area (Å²) in [6.45, 7) is 2.46. The first-order valence-electron chi connectivity index (χ1n) is 11.4. The van der Waals surface area contributed by atoms with E-state index in [0.717, 1.165) is 16.8 Å². The fraction of sp³-hybridized carbons (Fsp3) is 0.296. The Kier molecular flexibility index (Phi) is 6.03. The molecule has 1 N–H and O–H groups in total. The summed E-state index contributed by atoms with van der Waals surface area (Å²) >= 11 is 0. The minimum atomic E-state index is -0.543. The summed E-state index contributed by atoms with van der Waals surface area (Å²) in [4.78, 5) is 0. The number of nitrogens with zero attached hydrogens (tertiary/aromatic N) is 2. The zero-order valence-electron chi connectivity index (χ0n) is 20.1. The summed E-state index contributed by atoms with van der Waals surface area (Å²) in [5.74, 6) is 3.41. The van der Waals surface area contributed by atoms with E-state index in [4.69, 9.17) is 28.8 Å². The molecule has 0 radical (unpaired) electrons. The van der Waals surface area contributed by atoms with Crippen LogP contribution in [-0.2, 0) is 0 Å². The van der Waals surface area contributed by atoms with Gasteiger partial charge in [-0.3, -0.25) is 0 Å². The molecule has 8 heteroatoms. The normalized spacial score (nSPS) is 18.2. The number of phenolic OH excluding ortho intramolecular Hbond substituents is 1. The van der Waals surface area contributed by atoms with Gasteiger partial charge in [0.05, 0.1) is 39.7 Å². The number of ether oxygens (including phenoxy) is 5. The Labute approximate surface area is 204 Å². The molecule has 2 aliphatic rings. The van der Waals surface area contributed by atoms with Crippen molar-refractivity contribution in [3.8, 4) is 34.5 Å². The molecule has 0 spiro atoms. The third kappa shape index (κ3) is 3.95. The zero-order valence-corrected chi connectivity index (χ0v) is 20.1. The molecule has 3 aromatic carbocycles. The summed E-state index contributed by atoms with van der Waals surface area (Å²) in [5.41, 5.74) is 3.20. The van der Waals surface area contributed by atoms with Crippen molar-refractivity contribution in [2.75, 3.05) is 27.9 Å². The predicted octanol–water partition coefficient (Wildman–Crippen LogP) is 5.06. The number of benzene rings is 3. The van der Waals surface area contributed by atoms with Crippen LogP contribution in [0.2, 0.25) is 0 Å². The maximum atomic E-state index is 10.6. The maximum absolute atomic E-state index is 10.6. The second-order valence-electron chi connectivity index (χ2n) is 8.22. The smallest absolute Gasteiger partial charge is 0.214 e. The molecule has 182 valence electrons. The van der Waals surface area contributed by atoms with Gasteiger partial charge in [0.15, 0.2) is 23.0 Å². The van der Waals surface area contributed by atoms with E-state index < -0.39 is 6.23 Å². The largest absolute Gasteiger partial charge is 0.507 e. The summed E-state index contributed by atoms with van der Waals surface area (Å²) in [7, 11) is 4.84. The minimum absolute atomic E-state index is 0.114. The van der Waals surface area contributed by atoms with Gasteiger partial charge in [0.2, 0.25) is 6.23 Å². The molecular weight excluding hydrogens is 448 g/mol. The summed E-state index contributed by atoms with van der Waals surface area (Å²) < 4.78 is 28.8. The first-order chi connectivity index (χ1) is 17.1. The lowest BCUT2D eigenvalue weighted by molar-refractivity contribution is -0.0210. The fourth-order valence-corrected chi connectivity index (χ4v) is 4.61. The molecule has 8 nitrogen and oxygen atoms in total. The van der Waals surface area contributed by atoms with Gasteiger partial charge in [0, 0.05) is 23.1 Å². The van der Waals surface area contributed by atoms with Crippen LogP contribution < -0.4 is 23.7 Å². The number of hydrogen-bond acceptors (Lipinski definition) is 8. The molecule has 0 saturated heterocycles. The number of methoxy groups -OCH3 is 3. The minimum Gasteiger partial charge on any atom is -0.507 e. The number of hydrogen-bond donors (Lipinski definition) is 1. The monoisotopic (exact) mass is 476 g/mol. The van der Waals surface area contributed by atoms with E-state index in [0.29, 0.717) is 47.3 Å². The molecular formula is C27H28N2O6. The van der Waals surface area contributed by atoms with Crippen LogP contribution in [0.4, 0.5) is 0 Å². The average molecular weight is 477 g/mol. The third-order valence-corrected chi connectivity index (χ3v) is 6.29. The highest BCUT2D eigenvalue weighted by molar-refractivity contribution is 6.04. The number of hydrazone groups is 1. The molecule has 0 bridgehead atoms. The summed E-state index contributed by atoms with van der Waals surface area (Å²) in [6, 6.07) is 16.6. The molecule has 5 rings (SSSR count). The first-order valence-corrected chi connectivity index (χ1v) is 11.4. The summed E-state index contributed by atoms with van der Waals surface area (Å²) in [5, 5.41) is 17.5. The van der Waals surface area contributed by atoms with E-state index in [-0.39, 0.29) is 11.8 Å². The Morgan fingerprint density at radius 1 is 0.971 bits per heavy atom. The van der Waals surface area contributed by atoms with Crippen molar-refractivity contribution in [1.82, 2.24) is 5.01 Å². The van der Waals surface area contributed by atoms with Crippen molar-refractivity contribution in [2.24, 2.45) is 5.10 Å². The predicted molar refractivity (Wildman–Crippen MR) is 131 cm³/mol. The van der Waals surface area contributed by atoms with Gasteiger partial charge in [-0.1, -0.05) is 12.1 Å². The lowest BCUT2D eigenvalue weighted by atomic mass is 9.95.